The van der Waals surface area contributed by atoms with Crippen LogP contribution in [0.15, 0.2) is 5.51 Å². The Morgan fingerprint density at radius 2 is 2.00 bits per heavy atom. The number of fused-ring (bicyclic) bond motifs is 1. The maximum Gasteiger partial charge on any atom is 0.103 e. The first-order chi connectivity index (χ1) is 5.29. The van der Waals surface area contributed by atoms with E-state index < -0.39 is 0 Å². The van der Waals surface area contributed by atoms with Crippen molar-refractivity contribution in [3.05, 3.63) is 15.4 Å². The number of nitrogens with one attached hydrogen (secondary N) is 2. The molecule has 2 N–H and O–H groups in total. The van der Waals surface area contributed by atoms with Crippen molar-refractivity contribution < 1.29 is 0 Å². The van der Waals surface area contributed by atoms with Gasteiger partial charge in [0.25, 0.3) is 0 Å². The van der Waals surface area contributed by atoms with Crippen LogP contribution in [-0.2, 0) is 0 Å². The zero-order chi connectivity index (χ0) is 7.84. The standard InChI is InChI=1S/C7H9N3S/c1-4-6-7(11-3-8-6)5(2)10-9-4/h3,9-10H,1-2H3. The van der Waals surface area contributed by atoms with Crippen LogP contribution in [0.4, 0.5) is 0 Å². The first-order valence-corrected chi connectivity index (χ1v) is 4.30. The van der Waals surface area contributed by atoms with Gasteiger partial charge in [0.15, 0.2) is 0 Å². The minimum Gasteiger partial charge on any atom is -0.304 e. The Bertz CT molecular complexity index is 354. The summed E-state index contributed by atoms with van der Waals surface area (Å²) in [5.74, 6) is 0. The van der Waals surface area contributed by atoms with Gasteiger partial charge in [-0.25, -0.2) is 4.98 Å². The van der Waals surface area contributed by atoms with Crippen LogP contribution < -0.4 is 20.7 Å². The molecule has 0 amide bonds. The Hall–Kier alpha value is -1.03. The van der Waals surface area contributed by atoms with Crippen molar-refractivity contribution in [2.45, 2.75) is 13.8 Å². The molecule has 11 heavy (non-hydrogen) atoms. The van der Waals surface area contributed by atoms with E-state index in [-0.39, 0.29) is 0 Å². The summed E-state index contributed by atoms with van der Waals surface area (Å²) in [6.07, 6.45) is 0. The van der Waals surface area contributed by atoms with Crippen molar-refractivity contribution in [2.75, 3.05) is 0 Å². The van der Waals surface area contributed by atoms with Crippen LogP contribution in [0.1, 0.15) is 13.8 Å². The summed E-state index contributed by atoms with van der Waals surface area (Å²) in [5, 5.41) is 1.08. The van der Waals surface area contributed by atoms with Crippen molar-refractivity contribution in [2.24, 2.45) is 0 Å². The van der Waals surface area contributed by atoms with Gasteiger partial charge in [0, 0.05) is 5.70 Å². The number of rotatable bonds is 0. The largest absolute Gasteiger partial charge is 0.304 e. The average Bonchev–Trinajstić information content (AvgIpc) is 2.45. The molecule has 58 valence electrons. The molecule has 4 heteroatoms. The number of thiazole rings is 1. The van der Waals surface area contributed by atoms with E-state index in [2.05, 4.69) is 15.8 Å². The van der Waals surface area contributed by atoms with Crippen molar-refractivity contribution in [1.29, 1.82) is 0 Å². The normalized spacial score (nSPS) is 15.5. The third-order valence-electron chi connectivity index (χ3n) is 1.70. The summed E-state index contributed by atoms with van der Waals surface area (Å²) in [6.45, 7) is 4.05. The molecule has 0 radical (unpaired) electrons. The lowest BCUT2D eigenvalue weighted by molar-refractivity contribution is 0.779. The molecule has 1 aliphatic heterocycles. The molecule has 0 spiro atoms. The van der Waals surface area contributed by atoms with Crippen LogP contribution in [0, 0.1) is 0 Å². The summed E-state index contributed by atoms with van der Waals surface area (Å²) in [6, 6.07) is 0. The molecule has 1 aromatic rings. The van der Waals surface area contributed by atoms with Gasteiger partial charge >= 0.3 is 0 Å². The fourth-order valence-electron chi connectivity index (χ4n) is 1.08. The highest BCUT2D eigenvalue weighted by Crippen LogP contribution is 1.91. The predicted molar refractivity (Wildman–Crippen MR) is 45.8 cm³/mol. The fourth-order valence-corrected chi connectivity index (χ4v) is 1.89. The van der Waals surface area contributed by atoms with Crippen molar-refractivity contribution in [3.8, 4) is 0 Å². The third-order valence-corrected chi connectivity index (χ3v) is 2.65. The quantitative estimate of drug-likeness (QED) is 0.547. The maximum absolute atomic E-state index is 4.25. The summed E-state index contributed by atoms with van der Waals surface area (Å²) in [4.78, 5) is 4.25. The molecule has 2 heterocycles. The van der Waals surface area contributed by atoms with E-state index in [1.54, 1.807) is 11.3 Å². The van der Waals surface area contributed by atoms with E-state index in [1.165, 1.54) is 4.53 Å². The molecule has 1 aliphatic rings. The molecule has 0 aromatic carbocycles. The van der Waals surface area contributed by atoms with Gasteiger partial charge in [0.1, 0.15) is 5.35 Å². The van der Waals surface area contributed by atoms with E-state index in [1.807, 2.05) is 19.4 Å². The lowest BCUT2D eigenvalue weighted by Crippen LogP contribution is -2.44. The molecule has 1 aromatic heterocycles. The smallest absolute Gasteiger partial charge is 0.103 e. The zero-order valence-corrected chi connectivity index (χ0v) is 7.25. The first kappa shape index (κ1) is 6.67. The Balaban J connectivity index is 2.95. The molecule has 2 rings (SSSR count). The van der Waals surface area contributed by atoms with Crippen LogP contribution in [0.25, 0.3) is 11.4 Å². The van der Waals surface area contributed by atoms with Crippen molar-refractivity contribution in [1.82, 2.24) is 15.8 Å². The van der Waals surface area contributed by atoms with Crippen LogP contribution in [-0.4, -0.2) is 4.98 Å². The highest BCUT2D eigenvalue weighted by molar-refractivity contribution is 7.07. The zero-order valence-electron chi connectivity index (χ0n) is 6.43. The van der Waals surface area contributed by atoms with Gasteiger partial charge < -0.3 is 10.9 Å². The summed E-state index contributed by atoms with van der Waals surface area (Å²) >= 11 is 1.67. The van der Waals surface area contributed by atoms with Gasteiger partial charge in [0.05, 0.1) is 15.7 Å². The van der Waals surface area contributed by atoms with Crippen LogP contribution in [0.3, 0.4) is 0 Å². The first-order valence-electron chi connectivity index (χ1n) is 3.42. The summed E-state index contributed by atoms with van der Waals surface area (Å²) in [5.41, 5.74) is 10.2. The molecule has 0 unspecified atom stereocenters. The Morgan fingerprint density at radius 3 is 2.73 bits per heavy atom. The van der Waals surface area contributed by atoms with Crippen molar-refractivity contribution >= 4 is 22.7 Å². The molecule has 0 bridgehead atoms. The molecule has 0 atom stereocenters. The molecular weight excluding hydrogens is 158 g/mol. The molecular formula is C7H9N3S. The highest BCUT2D eigenvalue weighted by Gasteiger charge is 2.03. The average molecular weight is 167 g/mol. The van der Waals surface area contributed by atoms with Gasteiger partial charge in [0.2, 0.25) is 0 Å². The highest BCUT2D eigenvalue weighted by atomic mass is 32.1. The van der Waals surface area contributed by atoms with Gasteiger partial charge in [-0.05, 0) is 13.8 Å². The predicted octanol–water partition coefficient (Wildman–Crippen LogP) is -0.493. The number of hydrogen-bond donors (Lipinski definition) is 2. The maximum atomic E-state index is 4.25. The SMILES string of the molecule is CC1=c2ncsc2=C(C)NN1. The minimum absolute atomic E-state index is 1.08. The molecule has 0 saturated heterocycles. The summed E-state index contributed by atoms with van der Waals surface area (Å²) in [7, 11) is 0. The molecule has 0 aliphatic carbocycles. The van der Waals surface area contributed by atoms with E-state index in [4.69, 9.17) is 0 Å². The van der Waals surface area contributed by atoms with E-state index in [0.29, 0.717) is 0 Å². The van der Waals surface area contributed by atoms with Crippen molar-refractivity contribution in [3.63, 3.8) is 0 Å². The molecule has 0 saturated carbocycles. The Labute approximate surface area is 68.4 Å². The van der Waals surface area contributed by atoms with Crippen LogP contribution in [0.5, 0.6) is 0 Å². The fraction of sp³-hybridized carbons (Fsp3) is 0.286. The number of aromatic nitrogens is 1. The number of nitrogens with zero attached hydrogens (tertiary/aromatic N) is 1. The minimum atomic E-state index is 1.08. The van der Waals surface area contributed by atoms with Gasteiger partial charge in [-0.1, -0.05) is 0 Å². The second-order valence-electron chi connectivity index (χ2n) is 2.53. The molecule has 3 nitrogen and oxygen atoms in total. The van der Waals surface area contributed by atoms with E-state index >= 15 is 0 Å². The van der Waals surface area contributed by atoms with Crippen LogP contribution >= 0.6 is 11.3 Å². The van der Waals surface area contributed by atoms with Gasteiger partial charge in [-0.3, -0.25) is 0 Å². The summed E-state index contributed by atoms with van der Waals surface area (Å²) < 4.78 is 1.24. The van der Waals surface area contributed by atoms with E-state index in [9.17, 15) is 0 Å². The number of hydrazine groups is 1. The third kappa shape index (κ3) is 0.903. The van der Waals surface area contributed by atoms with E-state index in [0.717, 1.165) is 16.7 Å². The Kier molecular flexibility index (Phi) is 1.35. The lowest BCUT2D eigenvalue weighted by Gasteiger charge is -2.12. The number of hydrogen-bond acceptors (Lipinski definition) is 4. The molecule has 0 fully saturated rings. The topological polar surface area (TPSA) is 37.0 Å². The van der Waals surface area contributed by atoms with Gasteiger partial charge in [-0.2, -0.15) is 0 Å². The second kappa shape index (κ2) is 2.23. The second-order valence-corrected chi connectivity index (χ2v) is 3.38. The van der Waals surface area contributed by atoms with Crippen LogP contribution in [0.2, 0.25) is 0 Å². The van der Waals surface area contributed by atoms with Gasteiger partial charge in [-0.15, -0.1) is 11.3 Å². The lowest BCUT2D eigenvalue weighted by atomic mass is 10.3. The monoisotopic (exact) mass is 167 g/mol. The Morgan fingerprint density at radius 1 is 1.27 bits per heavy atom.